The molecule has 1 atom stereocenters. The summed E-state index contributed by atoms with van der Waals surface area (Å²) in [6.07, 6.45) is 1.47. The zero-order chi connectivity index (χ0) is 11.5. The van der Waals surface area contributed by atoms with Crippen LogP contribution in [0.2, 0.25) is 0 Å². The van der Waals surface area contributed by atoms with Crippen LogP contribution in [0, 0.1) is 6.92 Å². The lowest BCUT2D eigenvalue weighted by atomic mass is 10.1. The Bertz CT molecular complexity index is 484. The topological polar surface area (TPSA) is 61.0 Å². The monoisotopic (exact) mass is 235 g/mol. The van der Waals surface area contributed by atoms with Crippen LogP contribution in [0.3, 0.4) is 0 Å². The Morgan fingerprint density at radius 3 is 2.88 bits per heavy atom. The number of nitrogens with zero attached hydrogens (tertiary/aromatic N) is 2. The molecule has 0 aliphatic rings. The maximum Gasteiger partial charge on any atom is 0.216 e. The van der Waals surface area contributed by atoms with E-state index in [1.165, 1.54) is 11.2 Å². The molecule has 0 spiro atoms. The number of aryl methyl sites for hydroxylation is 1. The Kier molecular flexibility index (Phi) is 3.17. The summed E-state index contributed by atoms with van der Waals surface area (Å²) in [5.41, 5.74) is 8.02. The molecule has 0 aliphatic heterocycles. The van der Waals surface area contributed by atoms with Gasteiger partial charge in [0.15, 0.2) is 0 Å². The SMILES string of the molecule is COc1cc(C(N)c2ccsc2C)ncn1. The van der Waals surface area contributed by atoms with Gasteiger partial charge >= 0.3 is 0 Å². The van der Waals surface area contributed by atoms with E-state index in [2.05, 4.69) is 16.9 Å². The standard InChI is InChI=1S/C11H13N3OS/c1-7-8(3-4-16-7)11(12)9-5-10(15-2)14-6-13-9/h3-6,11H,12H2,1-2H3. The van der Waals surface area contributed by atoms with Crippen molar-refractivity contribution < 1.29 is 4.74 Å². The average molecular weight is 235 g/mol. The molecular weight excluding hydrogens is 222 g/mol. The summed E-state index contributed by atoms with van der Waals surface area (Å²) in [4.78, 5) is 9.34. The molecule has 0 amide bonds. The van der Waals surface area contributed by atoms with Crippen molar-refractivity contribution in [2.24, 2.45) is 5.73 Å². The summed E-state index contributed by atoms with van der Waals surface area (Å²) in [6.45, 7) is 2.05. The number of methoxy groups -OCH3 is 1. The van der Waals surface area contributed by atoms with Crippen LogP contribution in [-0.4, -0.2) is 17.1 Å². The number of hydrogen-bond donors (Lipinski definition) is 1. The highest BCUT2D eigenvalue weighted by Gasteiger charge is 2.14. The first kappa shape index (κ1) is 11.0. The molecule has 2 aromatic rings. The van der Waals surface area contributed by atoms with E-state index in [1.54, 1.807) is 24.5 Å². The van der Waals surface area contributed by atoms with E-state index in [4.69, 9.17) is 10.5 Å². The van der Waals surface area contributed by atoms with E-state index in [0.717, 1.165) is 11.3 Å². The summed E-state index contributed by atoms with van der Waals surface area (Å²) >= 11 is 1.68. The minimum Gasteiger partial charge on any atom is -0.481 e. The predicted octanol–water partition coefficient (Wildman–Crippen LogP) is 1.90. The molecule has 2 N–H and O–H groups in total. The summed E-state index contributed by atoms with van der Waals surface area (Å²) in [5, 5.41) is 2.03. The number of thiophene rings is 1. The molecule has 0 bridgehead atoms. The third-order valence-electron chi connectivity index (χ3n) is 2.42. The van der Waals surface area contributed by atoms with Gasteiger partial charge in [0.1, 0.15) is 6.33 Å². The quantitative estimate of drug-likeness (QED) is 0.882. The molecule has 84 valence electrons. The van der Waals surface area contributed by atoms with E-state index in [9.17, 15) is 0 Å². The van der Waals surface area contributed by atoms with Crippen molar-refractivity contribution in [3.8, 4) is 5.88 Å². The fourth-order valence-electron chi connectivity index (χ4n) is 1.51. The molecule has 0 aliphatic carbocycles. The number of ether oxygens (including phenoxy) is 1. The summed E-state index contributed by atoms with van der Waals surface area (Å²) < 4.78 is 5.05. The fourth-order valence-corrected chi connectivity index (χ4v) is 2.26. The molecule has 5 heteroatoms. The lowest BCUT2D eigenvalue weighted by molar-refractivity contribution is 0.395. The van der Waals surface area contributed by atoms with Crippen LogP contribution in [0.4, 0.5) is 0 Å². The van der Waals surface area contributed by atoms with Gasteiger partial charge in [-0.3, -0.25) is 0 Å². The number of nitrogens with two attached hydrogens (primary N) is 1. The van der Waals surface area contributed by atoms with E-state index in [1.807, 2.05) is 11.4 Å². The smallest absolute Gasteiger partial charge is 0.216 e. The zero-order valence-corrected chi connectivity index (χ0v) is 9.99. The second-order valence-corrected chi connectivity index (χ2v) is 4.52. The van der Waals surface area contributed by atoms with Crippen LogP contribution in [-0.2, 0) is 0 Å². The Balaban J connectivity index is 2.33. The van der Waals surface area contributed by atoms with E-state index >= 15 is 0 Å². The van der Waals surface area contributed by atoms with Crippen molar-refractivity contribution in [2.45, 2.75) is 13.0 Å². The van der Waals surface area contributed by atoms with Gasteiger partial charge in [-0.1, -0.05) is 0 Å². The molecule has 0 saturated heterocycles. The maximum absolute atomic E-state index is 6.15. The van der Waals surface area contributed by atoms with Crippen LogP contribution in [0.1, 0.15) is 22.2 Å². The second-order valence-electron chi connectivity index (χ2n) is 3.40. The van der Waals surface area contributed by atoms with Gasteiger partial charge in [0, 0.05) is 10.9 Å². The summed E-state index contributed by atoms with van der Waals surface area (Å²) in [7, 11) is 1.58. The molecule has 0 fully saturated rings. The van der Waals surface area contributed by atoms with Crippen molar-refractivity contribution in [2.75, 3.05) is 7.11 Å². The Morgan fingerprint density at radius 1 is 1.44 bits per heavy atom. The first-order valence-electron chi connectivity index (χ1n) is 4.88. The number of hydrogen-bond acceptors (Lipinski definition) is 5. The largest absolute Gasteiger partial charge is 0.481 e. The molecule has 0 aromatic carbocycles. The molecule has 4 nitrogen and oxygen atoms in total. The highest BCUT2D eigenvalue weighted by atomic mass is 32.1. The Hall–Kier alpha value is -1.46. The van der Waals surface area contributed by atoms with Crippen molar-refractivity contribution >= 4 is 11.3 Å². The third kappa shape index (κ3) is 2.05. The zero-order valence-electron chi connectivity index (χ0n) is 9.18. The average Bonchev–Trinajstić information content (AvgIpc) is 2.74. The van der Waals surface area contributed by atoms with Gasteiger partial charge in [0.25, 0.3) is 0 Å². The molecule has 2 aromatic heterocycles. The van der Waals surface area contributed by atoms with E-state index in [-0.39, 0.29) is 6.04 Å². The number of aromatic nitrogens is 2. The third-order valence-corrected chi connectivity index (χ3v) is 3.29. The van der Waals surface area contributed by atoms with Crippen molar-refractivity contribution in [3.05, 3.63) is 40.0 Å². The van der Waals surface area contributed by atoms with Crippen LogP contribution in [0.5, 0.6) is 5.88 Å². The van der Waals surface area contributed by atoms with Crippen molar-refractivity contribution in [1.82, 2.24) is 9.97 Å². The van der Waals surface area contributed by atoms with Gasteiger partial charge in [0.2, 0.25) is 5.88 Å². The fraction of sp³-hybridized carbons (Fsp3) is 0.273. The Labute approximate surface area is 98.1 Å². The first-order valence-corrected chi connectivity index (χ1v) is 5.76. The molecule has 0 saturated carbocycles. The lowest BCUT2D eigenvalue weighted by Crippen LogP contribution is -2.14. The highest BCUT2D eigenvalue weighted by Crippen LogP contribution is 2.25. The minimum absolute atomic E-state index is 0.219. The molecule has 1 unspecified atom stereocenters. The molecule has 2 rings (SSSR count). The van der Waals surface area contributed by atoms with Gasteiger partial charge in [0.05, 0.1) is 18.8 Å². The Morgan fingerprint density at radius 2 is 2.25 bits per heavy atom. The van der Waals surface area contributed by atoms with Gasteiger partial charge in [-0.05, 0) is 23.9 Å². The predicted molar refractivity (Wildman–Crippen MR) is 63.7 cm³/mol. The lowest BCUT2D eigenvalue weighted by Gasteiger charge is -2.11. The van der Waals surface area contributed by atoms with Crippen LogP contribution in [0.25, 0.3) is 0 Å². The second kappa shape index (κ2) is 4.59. The van der Waals surface area contributed by atoms with Gasteiger partial charge in [-0.2, -0.15) is 0 Å². The molecular formula is C11H13N3OS. The molecule has 16 heavy (non-hydrogen) atoms. The van der Waals surface area contributed by atoms with Gasteiger partial charge in [-0.25, -0.2) is 9.97 Å². The maximum atomic E-state index is 6.15. The van der Waals surface area contributed by atoms with E-state index < -0.39 is 0 Å². The summed E-state index contributed by atoms with van der Waals surface area (Å²) in [5.74, 6) is 0.535. The van der Waals surface area contributed by atoms with Crippen LogP contribution in [0.15, 0.2) is 23.8 Å². The molecule has 0 radical (unpaired) electrons. The number of rotatable bonds is 3. The highest BCUT2D eigenvalue weighted by molar-refractivity contribution is 7.10. The van der Waals surface area contributed by atoms with Crippen LogP contribution < -0.4 is 10.5 Å². The first-order chi connectivity index (χ1) is 7.72. The van der Waals surface area contributed by atoms with Crippen molar-refractivity contribution in [3.63, 3.8) is 0 Å². The van der Waals surface area contributed by atoms with E-state index in [0.29, 0.717) is 5.88 Å². The van der Waals surface area contributed by atoms with Crippen LogP contribution >= 0.6 is 11.3 Å². The van der Waals surface area contributed by atoms with Crippen molar-refractivity contribution in [1.29, 1.82) is 0 Å². The normalized spacial score (nSPS) is 12.4. The van der Waals surface area contributed by atoms with Gasteiger partial charge < -0.3 is 10.5 Å². The summed E-state index contributed by atoms with van der Waals surface area (Å²) in [6, 6.07) is 3.57. The van der Waals surface area contributed by atoms with Gasteiger partial charge in [-0.15, -0.1) is 11.3 Å². The molecule has 2 heterocycles. The minimum atomic E-state index is -0.219.